The van der Waals surface area contributed by atoms with Crippen LogP contribution in [0, 0.1) is 5.92 Å². The molecule has 1 heterocycles. The van der Waals surface area contributed by atoms with Crippen molar-refractivity contribution >= 4 is 17.9 Å². The van der Waals surface area contributed by atoms with Crippen LogP contribution in [0.1, 0.15) is 43.4 Å². The van der Waals surface area contributed by atoms with E-state index in [9.17, 15) is 14.7 Å². The number of hydrogen-bond donors (Lipinski definition) is 1. The maximum atomic E-state index is 12.6. The summed E-state index contributed by atoms with van der Waals surface area (Å²) < 4.78 is 0. The normalized spacial score (nSPS) is 20.5. The van der Waals surface area contributed by atoms with Gasteiger partial charge in [-0.15, -0.1) is 0 Å². The van der Waals surface area contributed by atoms with Crippen molar-refractivity contribution in [3.63, 3.8) is 0 Å². The molecule has 0 aromatic heterocycles. The van der Waals surface area contributed by atoms with Crippen LogP contribution in [0.15, 0.2) is 30.5 Å². The number of aliphatic hydroxyl groups excluding tert-OH is 1. The van der Waals surface area contributed by atoms with Crippen molar-refractivity contribution < 1.29 is 14.7 Å². The lowest BCUT2D eigenvalue weighted by molar-refractivity contribution is -0.134. The van der Waals surface area contributed by atoms with Gasteiger partial charge in [-0.3, -0.25) is 9.59 Å². The summed E-state index contributed by atoms with van der Waals surface area (Å²) >= 11 is 0. The number of carbonyl (C=O) groups excluding carboxylic acids is 2. The lowest BCUT2D eigenvalue weighted by atomic mass is 9.93. The van der Waals surface area contributed by atoms with Gasteiger partial charge in [-0.1, -0.05) is 24.3 Å². The van der Waals surface area contributed by atoms with E-state index >= 15 is 0 Å². The Bertz CT molecular complexity index is 666. The molecule has 3 rings (SSSR count). The zero-order valence-electron chi connectivity index (χ0n) is 14.2. The van der Waals surface area contributed by atoms with Crippen molar-refractivity contribution in [1.82, 2.24) is 9.80 Å². The predicted molar refractivity (Wildman–Crippen MR) is 91.7 cm³/mol. The second-order valence-corrected chi connectivity index (χ2v) is 6.77. The second kappa shape index (κ2) is 6.77. The Morgan fingerprint density at radius 1 is 1.33 bits per heavy atom. The number of likely N-dealkylation sites (N-methyl/N-ethyl adjacent to an activating group) is 1. The Labute approximate surface area is 142 Å². The summed E-state index contributed by atoms with van der Waals surface area (Å²) in [5.41, 5.74) is 2.02. The van der Waals surface area contributed by atoms with Crippen LogP contribution in [0.4, 0.5) is 0 Å². The zero-order chi connectivity index (χ0) is 17.3. The monoisotopic (exact) mass is 328 g/mol. The summed E-state index contributed by atoms with van der Waals surface area (Å²) in [5.74, 6) is 0.197. The molecule has 0 spiro atoms. The number of nitrogens with zero attached hydrogens (tertiary/aromatic N) is 2. The Morgan fingerprint density at radius 3 is 2.71 bits per heavy atom. The molecule has 0 bridgehead atoms. The first kappa shape index (κ1) is 16.7. The van der Waals surface area contributed by atoms with E-state index < -0.39 is 6.10 Å². The van der Waals surface area contributed by atoms with E-state index in [4.69, 9.17) is 0 Å². The van der Waals surface area contributed by atoms with E-state index in [1.165, 1.54) is 6.92 Å². The fraction of sp³-hybridized carbons (Fsp3) is 0.474. The lowest BCUT2D eigenvalue weighted by Gasteiger charge is -2.33. The SMILES string of the molecule is CC(=O)N1C=Cc2ccccc2C1CC(=O)N(C)CC(O)C1CC1. The first-order valence-electron chi connectivity index (χ1n) is 8.45. The maximum Gasteiger partial charge on any atom is 0.224 e. The van der Waals surface area contributed by atoms with E-state index in [0.29, 0.717) is 12.5 Å². The average Bonchev–Trinajstić information content (AvgIpc) is 3.39. The molecule has 0 radical (unpaired) electrons. The van der Waals surface area contributed by atoms with Gasteiger partial charge in [0.1, 0.15) is 0 Å². The molecule has 5 heteroatoms. The molecule has 2 unspecified atom stereocenters. The average molecular weight is 328 g/mol. The van der Waals surface area contributed by atoms with Gasteiger partial charge in [-0.2, -0.15) is 0 Å². The molecule has 2 aliphatic rings. The molecule has 1 aromatic rings. The Balaban J connectivity index is 1.74. The summed E-state index contributed by atoms with van der Waals surface area (Å²) in [6.45, 7) is 1.87. The van der Waals surface area contributed by atoms with Crippen LogP contribution < -0.4 is 0 Å². The number of amides is 2. The van der Waals surface area contributed by atoms with E-state index in [1.54, 1.807) is 23.0 Å². The molecular weight excluding hydrogens is 304 g/mol. The molecule has 1 N–H and O–H groups in total. The summed E-state index contributed by atoms with van der Waals surface area (Å²) in [6.07, 6.45) is 5.51. The smallest absolute Gasteiger partial charge is 0.224 e. The Morgan fingerprint density at radius 2 is 2.04 bits per heavy atom. The molecular formula is C19H24N2O3. The van der Waals surface area contributed by atoms with E-state index in [-0.39, 0.29) is 24.3 Å². The van der Waals surface area contributed by atoms with Crippen molar-refractivity contribution in [1.29, 1.82) is 0 Å². The van der Waals surface area contributed by atoms with Crippen molar-refractivity contribution in [2.75, 3.05) is 13.6 Å². The highest BCUT2D eigenvalue weighted by Crippen LogP contribution is 2.34. The third-order valence-electron chi connectivity index (χ3n) is 4.89. The fourth-order valence-corrected chi connectivity index (χ4v) is 3.25. The Kier molecular flexibility index (Phi) is 4.71. The van der Waals surface area contributed by atoms with Crippen LogP contribution in [0.25, 0.3) is 6.08 Å². The van der Waals surface area contributed by atoms with Gasteiger partial charge in [0.25, 0.3) is 0 Å². The number of fused-ring (bicyclic) bond motifs is 1. The van der Waals surface area contributed by atoms with Gasteiger partial charge in [-0.05, 0) is 36.0 Å². The van der Waals surface area contributed by atoms with E-state index in [2.05, 4.69) is 0 Å². The molecule has 24 heavy (non-hydrogen) atoms. The van der Waals surface area contributed by atoms with Crippen molar-refractivity contribution in [3.8, 4) is 0 Å². The van der Waals surface area contributed by atoms with Crippen molar-refractivity contribution in [2.45, 2.75) is 38.3 Å². The minimum atomic E-state index is -0.443. The van der Waals surface area contributed by atoms with Gasteiger partial charge < -0.3 is 14.9 Å². The fourth-order valence-electron chi connectivity index (χ4n) is 3.25. The minimum absolute atomic E-state index is 0.0592. The van der Waals surface area contributed by atoms with Crippen LogP contribution >= 0.6 is 0 Å². The third kappa shape index (κ3) is 3.51. The molecule has 1 aliphatic heterocycles. The van der Waals surface area contributed by atoms with Crippen LogP contribution in [0.5, 0.6) is 0 Å². The van der Waals surface area contributed by atoms with E-state index in [0.717, 1.165) is 24.0 Å². The van der Waals surface area contributed by atoms with Gasteiger partial charge in [-0.25, -0.2) is 0 Å². The van der Waals surface area contributed by atoms with Gasteiger partial charge in [0, 0.05) is 26.7 Å². The van der Waals surface area contributed by atoms with Gasteiger partial charge in [0.05, 0.1) is 18.6 Å². The minimum Gasteiger partial charge on any atom is -0.391 e. The third-order valence-corrected chi connectivity index (χ3v) is 4.89. The van der Waals surface area contributed by atoms with Gasteiger partial charge in [0.15, 0.2) is 0 Å². The first-order chi connectivity index (χ1) is 11.5. The number of aliphatic hydroxyl groups is 1. The first-order valence-corrected chi connectivity index (χ1v) is 8.45. The van der Waals surface area contributed by atoms with E-state index in [1.807, 2.05) is 30.3 Å². The highest BCUT2D eigenvalue weighted by molar-refractivity contribution is 5.81. The van der Waals surface area contributed by atoms with Crippen LogP contribution in [0.3, 0.4) is 0 Å². The van der Waals surface area contributed by atoms with Gasteiger partial charge >= 0.3 is 0 Å². The topological polar surface area (TPSA) is 60.9 Å². The highest BCUT2D eigenvalue weighted by atomic mass is 16.3. The second-order valence-electron chi connectivity index (χ2n) is 6.77. The summed E-state index contributed by atoms with van der Waals surface area (Å²) in [4.78, 5) is 27.8. The van der Waals surface area contributed by atoms with Crippen LogP contribution in [-0.2, 0) is 9.59 Å². The number of hydrogen-bond acceptors (Lipinski definition) is 3. The molecule has 1 saturated carbocycles. The number of carbonyl (C=O) groups is 2. The molecule has 2 amide bonds. The van der Waals surface area contributed by atoms with Gasteiger partial charge in [0.2, 0.25) is 11.8 Å². The molecule has 0 saturated heterocycles. The van der Waals surface area contributed by atoms with Crippen molar-refractivity contribution in [2.24, 2.45) is 5.92 Å². The summed E-state index contributed by atoms with van der Waals surface area (Å²) in [7, 11) is 1.72. The number of rotatable bonds is 5. The Hall–Kier alpha value is -2.14. The van der Waals surface area contributed by atoms with Crippen LogP contribution in [0.2, 0.25) is 0 Å². The molecule has 1 aliphatic carbocycles. The predicted octanol–water partition coefficient (Wildman–Crippen LogP) is 2.18. The van der Waals surface area contributed by atoms with Crippen LogP contribution in [-0.4, -0.2) is 46.4 Å². The molecule has 1 fully saturated rings. The highest BCUT2D eigenvalue weighted by Gasteiger charge is 2.33. The summed E-state index contributed by atoms with van der Waals surface area (Å²) in [5, 5.41) is 10.0. The lowest BCUT2D eigenvalue weighted by Crippen LogP contribution is -2.39. The quantitative estimate of drug-likeness (QED) is 0.901. The zero-order valence-corrected chi connectivity index (χ0v) is 14.2. The molecule has 5 nitrogen and oxygen atoms in total. The van der Waals surface area contributed by atoms with Crippen molar-refractivity contribution in [3.05, 3.63) is 41.6 Å². The standard InChI is InChI=1S/C19H24N2O3/c1-13(22)21-10-9-14-5-3-4-6-16(14)17(21)11-19(24)20(2)12-18(23)15-7-8-15/h3-6,9-10,15,17-18,23H,7-8,11-12H2,1-2H3. The molecule has 128 valence electrons. The largest absolute Gasteiger partial charge is 0.391 e. The summed E-state index contributed by atoms with van der Waals surface area (Å²) in [6, 6.07) is 7.53. The maximum absolute atomic E-state index is 12.6. The molecule has 1 aromatic carbocycles. The number of benzene rings is 1. The molecule has 2 atom stereocenters.